The molecule has 4 atom stereocenters. The van der Waals surface area contributed by atoms with Gasteiger partial charge in [0.05, 0.1) is 30.9 Å². The van der Waals surface area contributed by atoms with Crippen LogP contribution in [0.5, 0.6) is 0 Å². The van der Waals surface area contributed by atoms with Crippen LogP contribution in [0, 0.1) is 23.7 Å². The predicted octanol–water partition coefficient (Wildman–Crippen LogP) is 10.1. The van der Waals surface area contributed by atoms with E-state index in [0.717, 1.165) is 124 Å². The molecule has 0 amide bonds. The summed E-state index contributed by atoms with van der Waals surface area (Å²) in [7, 11) is -2.12. The van der Waals surface area contributed by atoms with Crippen molar-refractivity contribution in [2.45, 2.75) is 157 Å². The van der Waals surface area contributed by atoms with E-state index in [1.165, 1.54) is 0 Å². The Morgan fingerprint density at radius 3 is 0.780 bits per heavy atom. The highest BCUT2D eigenvalue weighted by Crippen LogP contribution is 2.35. The molecule has 0 aromatic heterocycles. The molecule has 0 saturated heterocycles. The van der Waals surface area contributed by atoms with Crippen LogP contribution >= 0.6 is 0 Å². The third-order valence-corrected chi connectivity index (χ3v) is 14.7. The van der Waals surface area contributed by atoms with E-state index >= 15 is 0 Å². The first-order valence-corrected chi connectivity index (χ1v) is 19.2. The van der Waals surface area contributed by atoms with E-state index in [2.05, 4.69) is 76.0 Å². The van der Waals surface area contributed by atoms with Crippen molar-refractivity contribution in [2.24, 2.45) is 44.3 Å². The molecule has 0 aliphatic carbocycles. The van der Waals surface area contributed by atoms with Gasteiger partial charge < -0.3 is 20.8 Å². The Morgan fingerprint density at radius 2 is 0.634 bits per heavy atom. The third kappa shape index (κ3) is 17.0. The molecule has 0 aromatic carbocycles. The average molecular weight is 597 g/mol. The minimum atomic E-state index is -2.12. The molecule has 0 aromatic rings. The predicted molar refractivity (Wildman–Crippen MR) is 177 cm³/mol. The van der Waals surface area contributed by atoms with E-state index in [-0.39, 0.29) is 0 Å². The van der Waals surface area contributed by atoms with Gasteiger partial charge in [-0.05, 0) is 75.0 Å². The molecule has 0 aliphatic heterocycles. The highest BCUT2D eigenvalue weighted by atomic mass is 28.3. The Morgan fingerprint density at radius 1 is 0.439 bits per heavy atom. The molecule has 0 aliphatic rings. The van der Waals surface area contributed by atoms with E-state index < -0.39 is 8.07 Å². The van der Waals surface area contributed by atoms with Crippen LogP contribution in [0.1, 0.15) is 132 Å². The van der Waals surface area contributed by atoms with Crippen molar-refractivity contribution in [3.63, 3.8) is 0 Å². The van der Waals surface area contributed by atoms with Crippen molar-refractivity contribution in [3.8, 4) is 0 Å². The fourth-order valence-electron chi connectivity index (χ4n) is 5.35. The van der Waals surface area contributed by atoms with Gasteiger partial charge in [0.2, 0.25) is 0 Å². The largest absolute Gasteiger partial charge is 0.411 e. The van der Waals surface area contributed by atoms with Gasteiger partial charge in [-0.3, -0.25) is 0 Å². The molecule has 240 valence electrons. The smallest absolute Gasteiger partial charge is 0.0570 e. The molecule has 41 heavy (non-hydrogen) atoms. The molecule has 0 spiro atoms. The molecule has 9 heteroatoms. The van der Waals surface area contributed by atoms with Crippen LogP contribution in [0.3, 0.4) is 0 Å². The second kappa shape index (κ2) is 22.7. The van der Waals surface area contributed by atoms with Crippen LogP contribution in [0.25, 0.3) is 0 Å². The van der Waals surface area contributed by atoms with Gasteiger partial charge in [-0.2, -0.15) is 0 Å². The normalized spacial score (nSPS) is 18.1. The van der Waals surface area contributed by atoms with Crippen molar-refractivity contribution in [1.29, 1.82) is 0 Å². The van der Waals surface area contributed by atoms with Gasteiger partial charge in [-0.1, -0.05) is 126 Å². The second-order valence-electron chi connectivity index (χ2n) is 13.0. The highest BCUT2D eigenvalue weighted by Gasteiger charge is 2.34. The Hall–Kier alpha value is -1.90. The number of hydrogen-bond donors (Lipinski definition) is 4. The monoisotopic (exact) mass is 596 g/mol. The summed E-state index contributed by atoms with van der Waals surface area (Å²) in [5.41, 5.74) is 3.38. The lowest BCUT2D eigenvalue weighted by atomic mass is 10.0. The maximum Gasteiger partial charge on any atom is 0.0570 e. The molecular formula is C32H64N4O4Si. The molecule has 0 fully saturated rings. The standard InChI is InChI=1S/C32H64N4O4Si/c1-9-25(5)21-29(33-37)13-17-41(18-14-30(34-38)22-26(6)10-2,19-15-31(35-39)23-27(7)11-3)20-16-32(36-40)24-28(8)12-4/h25-28,37-40H,9-24H2,1-8H3. The van der Waals surface area contributed by atoms with E-state index in [4.69, 9.17) is 0 Å². The fourth-order valence-corrected chi connectivity index (χ4v) is 10.1. The number of oxime groups is 4. The molecular weight excluding hydrogens is 532 g/mol. The molecule has 0 saturated carbocycles. The minimum absolute atomic E-state index is 0.452. The van der Waals surface area contributed by atoms with E-state index in [1.54, 1.807) is 0 Å². The lowest BCUT2D eigenvalue weighted by Gasteiger charge is -2.33. The summed E-state index contributed by atoms with van der Waals surface area (Å²) in [5.74, 6) is 1.81. The zero-order valence-corrected chi connectivity index (χ0v) is 28.7. The van der Waals surface area contributed by atoms with E-state index in [0.29, 0.717) is 23.7 Å². The summed E-state index contributed by atoms with van der Waals surface area (Å²) in [6.07, 6.45) is 10.2. The first-order valence-electron chi connectivity index (χ1n) is 16.3. The van der Waals surface area contributed by atoms with Crippen LogP contribution in [-0.2, 0) is 0 Å². The summed E-state index contributed by atoms with van der Waals surface area (Å²) in [6, 6.07) is 3.76. The average Bonchev–Trinajstić information content (AvgIpc) is 3.00. The van der Waals surface area contributed by atoms with Gasteiger partial charge in [-0.25, -0.2) is 0 Å². The number of hydrogen-bond acceptors (Lipinski definition) is 8. The van der Waals surface area contributed by atoms with Crippen LogP contribution < -0.4 is 0 Å². The van der Waals surface area contributed by atoms with Crippen LogP contribution in [0.2, 0.25) is 24.2 Å². The molecule has 0 heterocycles. The van der Waals surface area contributed by atoms with Gasteiger partial charge >= 0.3 is 0 Å². The van der Waals surface area contributed by atoms with Crippen molar-refractivity contribution in [3.05, 3.63) is 0 Å². The van der Waals surface area contributed by atoms with Crippen LogP contribution in [0.4, 0.5) is 0 Å². The lowest BCUT2D eigenvalue weighted by Crippen LogP contribution is -2.37. The Kier molecular flexibility index (Phi) is 21.6. The van der Waals surface area contributed by atoms with Crippen LogP contribution in [0.15, 0.2) is 20.6 Å². The maximum atomic E-state index is 9.86. The molecule has 0 radical (unpaired) electrons. The number of nitrogens with zero attached hydrogens (tertiary/aromatic N) is 4. The minimum Gasteiger partial charge on any atom is -0.411 e. The number of rotatable bonds is 24. The lowest BCUT2D eigenvalue weighted by molar-refractivity contribution is 0.314. The summed E-state index contributed by atoms with van der Waals surface area (Å²) in [6.45, 7) is 17.4. The van der Waals surface area contributed by atoms with E-state index in [9.17, 15) is 20.8 Å². The Labute approximate surface area is 252 Å². The Balaban J connectivity index is 6.29. The summed E-state index contributed by atoms with van der Waals surface area (Å²) in [5, 5.41) is 54.3. The molecule has 8 nitrogen and oxygen atoms in total. The molecule has 4 N–H and O–H groups in total. The van der Waals surface area contributed by atoms with Crippen molar-refractivity contribution in [2.75, 3.05) is 0 Å². The van der Waals surface area contributed by atoms with Crippen molar-refractivity contribution in [1.82, 2.24) is 0 Å². The summed E-state index contributed by atoms with van der Waals surface area (Å²) < 4.78 is 0. The third-order valence-electron chi connectivity index (χ3n) is 9.47. The van der Waals surface area contributed by atoms with Gasteiger partial charge in [-0.15, -0.1) is 0 Å². The van der Waals surface area contributed by atoms with Gasteiger partial charge in [0.15, 0.2) is 0 Å². The van der Waals surface area contributed by atoms with Gasteiger partial charge in [0.25, 0.3) is 0 Å². The molecule has 4 unspecified atom stereocenters. The summed E-state index contributed by atoms with van der Waals surface area (Å²) >= 11 is 0. The summed E-state index contributed by atoms with van der Waals surface area (Å²) in [4.78, 5) is 0. The maximum absolute atomic E-state index is 9.86. The fraction of sp³-hybridized carbons (Fsp3) is 0.875. The van der Waals surface area contributed by atoms with Gasteiger partial charge in [0.1, 0.15) is 0 Å². The first kappa shape index (κ1) is 39.1. The van der Waals surface area contributed by atoms with Crippen molar-refractivity contribution < 1.29 is 20.8 Å². The first-order chi connectivity index (χ1) is 19.5. The van der Waals surface area contributed by atoms with Gasteiger partial charge in [0, 0.05) is 0 Å². The zero-order valence-electron chi connectivity index (χ0n) is 27.7. The van der Waals surface area contributed by atoms with E-state index in [1.807, 2.05) is 0 Å². The zero-order chi connectivity index (χ0) is 31.3. The van der Waals surface area contributed by atoms with Crippen molar-refractivity contribution >= 4 is 30.9 Å². The molecule has 0 rings (SSSR count). The topological polar surface area (TPSA) is 130 Å². The highest BCUT2D eigenvalue weighted by molar-refractivity contribution is 6.80. The Bertz CT molecular complexity index is 682. The SMILES string of the molecule is CCC(C)CC(CC[Si](CCC(CC(C)CC)=NO)(CCC(CC(C)CC)=NO)CCC(CC(C)CC)=NO)=NO. The molecule has 0 bridgehead atoms. The second-order valence-corrected chi connectivity index (χ2v) is 18.0. The quantitative estimate of drug-likeness (QED) is 0.0382. The van der Waals surface area contributed by atoms with Crippen LogP contribution in [-0.4, -0.2) is 51.7 Å².